The van der Waals surface area contributed by atoms with Crippen LogP contribution in [0.1, 0.15) is 15.9 Å². The molecule has 14 heavy (non-hydrogen) atoms. The number of carboxylic acids is 1. The normalized spacial score (nSPS) is 8.29. The zero-order valence-corrected chi connectivity index (χ0v) is 10.9. The van der Waals surface area contributed by atoms with Gasteiger partial charge in [-0.2, -0.15) is 5.26 Å². The molecule has 1 aromatic heterocycles. The summed E-state index contributed by atoms with van der Waals surface area (Å²) in [7, 11) is 1.35. The summed E-state index contributed by atoms with van der Waals surface area (Å²) in [6.07, 6.45) is 1.08. The van der Waals surface area contributed by atoms with Crippen LogP contribution in [0.4, 0.5) is 0 Å². The van der Waals surface area contributed by atoms with E-state index < -0.39 is 5.97 Å². The van der Waals surface area contributed by atoms with Crippen molar-refractivity contribution in [3.05, 3.63) is 23.4 Å². The van der Waals surface area contributed by atoms with Crippen LogP contribution in [0.25, 0.3) is 0 Å². The molecule has 0 radical (unpaired) electrons. The van der Waals surface area contributed by atoms with E-state index in [1.54, 1.807) is 6.07 Å². The van der Waals surface area contributed by atoms with Gasteiger partial charge in [0, 0.05) is 11.8 Å². The zero-order valence-electron chi connectivity index (χ0n) is 7.77. The molecular formula is C8H5KN2O3. The number of rotatable bonds is 2. The molecule has 0 aliphatic heterocycles. The van der Waals surface area contributed by atoms with Gasteiger partial charge in [0.05, 0.1) is 13.1 Å². The predicted octanol–water partition coefficient (Wildman–Crippen LogP) is -3.67. The van der Waals surface area contributed by atoms with Crippen LogP contribution in [0, 0.1) is 11.3 Å². The van der Waals surface area contributed by atoms with Crippen LogP contribution < -0.4 is 61.2 Å². The standard InChI is InChI=1S/C8H6N2O3.K/c1-13-7-5(3-9)2-6(4-10-7)8(11)12;/h2,4H,1H3,(H,11,12);/q;+1/p-1. The van der Waals surface area contributed by atoms with E-state index in [-0.39, 0.29) is 68.4 Å². The summed E-state index contributed by atoms with van der Waals surface area (Å²) in [6, 6.07) is 2.92. The maximum atomic E-state index is 10.4. The molecule has 0 aromatic carbocycles. The summed E-state index contributed by atoms with van der Waals surface area (Å²) in [4.78, 5) is 14.0. The number of pyridine rings is 1. The van der Waals surface area contributed by atoms with Gasteiger partial charge in [-0.1, -0.05) is 0 Å². The summed E-state index contributed by atoms with van der Waals surface area (Å²) < 4.78 is 4.72. The van der Waals surface area contributed by atoms with Crippen LogP contribution in [-0.4, -0.2) is 18.1 Å². The van der Waals surface area contributed by atoms with Crippen LogP contribution in [0.3, 0.4) is 0 Å². The first kappa shape index (κ1) is 13.5. The van der Waals surface area contributed by atoms with Crippen molar-refractivity contribution in [3.8, 4) is 11.9 Å². The number of hydrogen-bond acceptors (Lipinski definition) is 5. The quantitative estimate of drug-likeness (QED) is 0.475. The fraction of sp³-hybridized carbons (Fsp3) is 0.125. The largest absolute Gasteiger partial charge is 1.00 e. The Bertz CT molecular complexity index is 387. The summed E-state index contributed by atoms with van der Waals surface area (Å²) in [5.74, 6) is -1.26. The number of ether oxygens (including phenoxy) is 1. The first-order chi connectivity index (χ1) is 6.19. The molecular weight excluding hydrogens is 211 g/mol. The molecule has 0 aliphatic rings. The topological polar surface area (TPSA) is 86.0 Å². The van der Waals surface area contributed by atoms with Gasteiger partial charge in [0.2, 0.25) is 5.88 Å². The fourth-order valence-corrected chi connectivity index (χ4v) is 0.807. The Kier molecular flexibility index (Phi) is 5.91. The molecule has 0 bridgehead atoms. The Hall–Kier alpha value is -0.454. The Morgan fingerprint density at radius 3 is 2.79 bits per heavy atom. The van der Waals surface area contributed by atoms with Crippen molar-refractivity contribution in [2.45, 2.75) is 0 Å². The van der Waals surface area contributed by atoms with Crippen molar-refractivity contribution < 1.29 is 66.0 Å². The molecule has 1 rings (SSSR count). The summed E-state index contributed by atoms with van der Waals surface area (Å²) in [6.45, 7) is 0. The van der Waals surface area contributed by atoms with E-state index in [2.05, 4.69) is 4.98 Å². The Morgan fingerprint density at radius 2 is 2.36 bits per heavy atom. The van der Waals surface area contributed by atoms with Crippen molar-refractivity contribution in [1.82, 2.24) is 4.98 Å². The van der Waals surface area contributed by atoms with E-state index in [1.165, 1.54) is 7.11 Å². The number of carbonyl (C=O) groups is 1. The first-order valence-electron chi connectivity index (χ1n) is 3.34. The van der Waals surface area contributed by atoms with E-state index in [0.29, 0.717) is 0 Å². The summed E-state index contributed by atoms with van der Waals surface area (Å²) in [5, 5.41) is 18.9. The van der Waals surface area contributed by atoms with Crippen molar-refractivity contribution >= 4 is 5.97 Å². The second-order valence-electron chi connectivity index (χ2n) is 2.18. The zero-order chi connectivity index (χ0) is 9.84. The van der Waals surface area contributed by atoms with E-state index in [9.17, 15) is 9.90 Å². The van der Waals surface area contributed by atoms with Gasteiger partial charge in [0.15, 0.2) is 0 Å². The minimum atomic E-state index is -1.37. The number of hydrogen-bond donors (Lipinski definition) is 0. The van der Waals surface area contributed by atoms with Gasteiger partial charge >= 0.3 is 51.4 Å². The molecule has 66 valence electrons. The molecule has 0 aliphatic carbocycles. The molecule has 6 heteroatoms. The molecule has 5 nitrogen and oxygen atoms in total. The van der Waals surface area contributed by atoms with Gasteiger partial charge in [-0.3, -0.25) is 0 Å². The molecule has 0 saturated carbocycles. The van der Waals surface area contributed by atoms with Crippen molar-refractivity contribution in [1.29, 1.82) is 5.26 Å². The molecule has 0 amide bonds. The van der Waals surface area contributed by atoms with E-state index in [1.807, 2.05) is 0 Å². The van der Waals surface area contributed by atoms with Gasteiger partial charge < -0.3 is 14.6 Å². The molecule has 0 fully saturated rings. The predicted molar refractivity (Wildman–Crippen MR) is 39.8 cm³/mol. The Labute approximate surface area is 123 Å². The molecule has 0 N–H and O–H groups in total. The third kappa shape index (κ3) is 3.04. The Balaban J connectivity index is 0.00000169. The van der Waals surface area contributed by atoms with Gasteiger partial charge in [-0.05, 0) is 6.07 Å². The van der Waals surface area contributed by atoms with Gasteiger partial charge in [-0.25, -0.2) is 4.98 Å². The second kappa shape index (κ2) is 6.11. The SMILES string of the molecule is COc1ncc(C(=O)[O-])cc1C#N.[K+]. The van der Waals surface area contributed by atoms with Crippen LogP contribution in [-0.2, 0) is 0 Å². The number of carbonyl (C=O) groups excluding carboxylic acids is 1. The monoisotopic (exact) mass is 216 g/mol. The maximum absolute atomic E-state index is 10.4. The average molecular weight is 216 g/mol. The molecule has 1 heterocycles. The Morgan fingerprint density at radius 1 is 1.71 bits per heavy atom. The number of carboxylic acid groups (broad SMARTS) is 1. The van der Waals surface area contributed by atoms with E-state index in [4.69, 9.17) is 10.00 Å². The number of aromatic nitrogens is 1. The number of aromatic carboxylic acids is 1. The van der Waals surface area contributed by atoms with Crippen LogP contribution >= 0.6 is 0 Å². The summed E-state index contributed by atoms with van der Waals surface area (Å²) >= 11 is 0. The van der Waals surface area contributed by atoms with Crippen LogP contribution in [0.15, 0.2) is 12.3 Å². The minimum Gasteiger partial charge on any atom is -0.545 e. The second-order valence-corrected chi connectivity index (χ2v) is 2.18. The maximum Gasteiger partial charge on any atom is 1.00 e. The molecule has 0 saturated heterocycles. The van der Waals surface area contributed by atoms with Gasteiger partial charge in [0.1, 0.15) is 11.6 Å². The first-order valence-corrected chi connectivity index (χ1v) is 3.34. The average Bonchev–Trinajstić information content (AvgIpc) is 2.16. The molecule has 0 spiro atoms. The van der Waals surface area contributed by atoms with E-state index >= 15 is 0 Å². The van der Waals surface area contributed by atoms with Crippen molar-refractivity contribution in [3.63, 3.8) is 0 Å². The van der Waals surface area contributed by atoms with Crippen LogP contribution in [0.2, 0.25) is 0 Å². The summed E-state index contributed by atoms with van der Waals surface area (Å²) in [5.41, 5.74) is -0.0680. The van der Waals surface area contributed by atoms with Gasteiger partial charge in [-0.15, -0.1) is 0 Å². The van der Waals surface area contributed by atoms with Crippen LogP contribution in [0.5, 0.6) is 5.88 Å². The van der Waals surface area contributed by atoms with Crippen molar-refractivity contribution in [2.24, 2.45) is 0 Å². The number of nitrogens with zero attached hydrogens (tertiary/aromatic N) is 2. The number of methoxy groups -OCH3 is 1. The fourth-order valence-electron chi connectivity index (χ4n) is 0.807. The molecule has 0 atom stereocenters. The van der Waals surface area contributed by atoms with Gasteiger partial charge in [0.25, 0.3) is 0 Å². The molecule has 1 aromatic rings. The van der Waals surface area contributed by atoms with Crippen molar-refractivity contribution in [2.75, 3.05) is 7.11 Å². The number of nitriles is 1. The minimum absolute atomic E-state index is 0. The smallest absolute Gasteiger partial charge is 0.545 e. The third-order valence-electron chi connectivity index (χ3n) is 1.40. The molecule has 0 unspecified atom stereocenters. The third-order valence-corrected chi connectivity index (χ3v) is 1.40. The van der Waals surface area contributed by atoms with E-state index in [0.717, 1.165) is 12.3 Å².